The first-order valence-electron chi connectivity index (χ1n) is 14.1. The van der Waals surface area contributed by atoms with Gasteiger partial charge in [-0.25, -0.2) is 9.97 Å². The molecular formula is C28H40N8O. The molecule has 0 radical (unpaired) electrons. The minimum Gasteiger partial charge on any atom is -0.368 e. The van der Waals surface area contributed by atoms with Crippen molar-refractivity contribution < 1.29 is 4.79 Å². The van der Waals surface area contributed by atoms with Crippen LogP contribution in [-0.2, 0) is 11.2 Å². The van der Waals surface area contributed by atoms with Crippen LogP contribution in [0, 0.1) is 0 Å². The van der Waals surface area contributed by atoms with E-state index in [9.17, 15) is 4.79 Å². The van der Waals surface area contributed by atoms with Gasteiger partial charge in [-0.2, -0.15) is 4.98 Å². The molecule has 0 aromatic carbocycles. The Morgan fingerprint density at radius 2 is 1.62 bits per heavy atom. The van der Waals surface area contributed by atoms with Gasteiger partial charge in [0.2, 0.25) is 11.9 Å². The van der Waals surface area contributed by atoms with E-state index >= 15 is 0 Å². The maximum absolute atomic E-state index is 13.0. The quantitative estimate of drug-likeness (QED) is 0.641. The predicted octanol–water partition coefficient (Wildman–Crippen LogP) is 3.44. The number of piperazine rings is 1. The average molecular weight is 505 g/mol. The van der Waals surface area contributed by atoms with E-state index in [1.165, 1.54) is 44.2 Å². The second-order valence-corrected chi connectivity index (χ2v) is 11.3. The number of anilines is 4. The summed E-state index contributed by atoms with van der Waals surface area (Å²) >= 11 is 0. The molecule has 4 aliphatic rings. The van der Waals surface area contributed by atoms with Gasteiger partial charge in [-0.15, -0.1) is 0 Å². The fourth-order valence-electron chi connectivity index (χ4n) is 6.77. The Kier molecular flexibility index (Phi) is 6.88. The third-order valence-corrected chi connectivity index (χ3v) is 8.79. The third-order valence-electron chi connectivity index (χ3n) is 8.79. The monoisotopic (exact) mass is 504 g/mol. The van der Waals surface area contributed by atoms with Gasteiger partial charge in [-0.1, -0.05) is 25.7 Å². The van der Waals surface area contributed by atoms with Gasteiger partial charge < -0.3 is 20.0 Å². The molecule has 2 saturated carbocycles. The first-order valence-corrected chi connectivity index (χ1v) is 14.1. The molecule has 37 heavy (non-hydrogen) atoms. The molecule has 6 rings (SSSR count). The van der Waals surface area contributed by atoms with Crippen molar-refractivity contribution in [1.29, 1.82) is 0 Å². The number of carbonyl (C=O) groups is 1. The minimum absolute atomic E-state index is 0.140. The zero-order valence-corrected chi connectivity index (χ0v) is 22.3. The first-order chi connectivity index (χ1) is 18.1. The number of pyridine rings is 1. The zero-order valence-electron chi connectivity index (χ0n) is 22.3. The Labute approximate surface area is 220 Å². The lowest BCUT2D eigenvalue weighted by atomic mass is 10.1. The van der Waals surface area contributed by atoms with Crippen molar-refractivity contribution >= 4 is 29.2 Å². The lowest BCUT2D eigenvalue weighted by molar-refractivity contribution is -0.130. The van der Waals surface area contributed by atoms with Crippen molar-refractivity contribution in [3.05, 3.63) is 30.1 Å². The number of rotatable bonds is 6. The molecule has 9 nitrogen and oxygen atoms in total. The molecule has 2 aromatic rings. The summed E-state index contributed by atoms with van der Waals surface area (Å²) in [5.41, 5.74) is 2.22. The number of aromatic nitrogens is 3. The van der Waals surface area contributed by atoms with E-state index in [0.29, 0.717) is 18.4 Å². The van der Waals surface area contributed by atoms with Crippen LogP contribution < -0.4 is 15.1 Å². The molecule has 0 spiro atoms. The smallest absolute Gasteiger partial charge is 0.245 e. The molecule has 1 atom stereocenters. The highest BCUT2D eigenvalue weighted by atomic mass is 16.2. The Morgan fingerprint density at radius 1 is 0.919 bits per heavy atom. The molecule has 198 valence electrons. The summed E-state index contributed by atoms with van der Waals surface area (Å²) in [4.78, 5) is 36.3. The highest BCUT2D eigenvalue weighted by Gasteiger charge is 2.41. The standard InChI is InChI=1S/C28H40N8O/c1-33(2)27(37)24-17-20-18-30-28(32-26(20)36(24)22-9-5-6-10-22)31-25-12-11-23(19-29-25)35-15-13-34(14-16-35)21-7-3-4-8-21/h11-12,18-19,21-22,24H,3-10,13-17H2,1-2H3,(H,29,30,31,32). The second kappa shape index (κ2) is 10.4. The Balaban J connectivity index is 1.13. The van der Waals surface area contributed by atoms with Crippen LogP contribution in [0.25, 0.3) is 0 Å². The van der Waals surface area contributed by atoms with E-state index in [1.807, 2.05) is 32.6 Å². The van der Waals surface area contributed by atoms with Crippen molar-refractivity contribution in [2.24, 2.45) is 0 Å². The van der Waals surface area contributed by atoms with Crippen molar-refractivity contribution in [3.63, 3.8) is 0 Å². The summed E-state index contributed by atoms with van der Waals surface area (Å²) in [5.74, 6) is 2.31. The maximum Gasteiger partial charge on any atom is 0.245 e. The average Bonchev–Trinajstić information content (AvgIpc) is 3.70. The summed E-state index contributed by atoms with van der Waals surface area (Å²) < 4.78 is 0. The van der Waals surface area contributed by atoms with Crippen LogP contribution in [0.5, 0.6) is 0 Å². The topological polar surface area (TPSA) is 80.7 Å². The molecule has 9 heteroatoms. The number of amides is 1. The van der Waals surface area contributed by atoms with Gasteiger partial charge in [0.1, 0.15) is 17.7 Å². The van der Waals surface area contributed by atoms with Crippen molar-refractivity contribution in [2.45, 2.75) is 75.9 Å². The summed E-state index contributed by atoms with van der Waals surface area (Å²) in [6.45, 7) is 4.40. The third kappa shape index (κ3) is 4.98. The van der Waals surface area contributed by atoms with Crippen molar-refractivity contribution in [2.75, 3.05) is 55.4 Å². The van der Waals surface area contributed by atoms with Gasteiger partial charge >= 0.3 is 0 Å². The van der Waals surface area contributed by atoms with Crippen LogP contribution in [0.2, 0.25) is 0 Å². The summed E-state index contributed by atoms with van der Waals surface area (Å²) in [7, 11) is 3.67. The van der Waals surface area contributed by atoms with Gasteiger partial charge in [0.25, 0.3) is 0 Å². The van der Waals surface area contributed by atoms with E-state index < -0.39 is 0 Å². The summed E-state index contributed by atoms with van der Waals surface area (Å²) in [6, 6.07) is 5.14. The normalized spacial score (nSPS) is 23.0. The molecule has 1 unspecified atom stereocenters. The molecule has 1 saturated heterocycles. The minimum atomic E-state index is -0.191. The SMILES string of the molecule is CN(C)C(=O)C1Cc2cnc(Nc3ccc(N4CCN(C5CCCC5)CC4)cn3)nc2N1C1CCCC1. The molecule has 2 aliphatic carbocycles. The van der Waals surface area contributed by atoms with Gasteiger partial charge in [-0.3, -0.25) is 9.69 Å². The largest absolute Gasteiger partial charge is 0.368 e. The predicted molar refractivity (Wildman–Crippen MR) is 147 cm³/mol. The molecule has 4 heterocycles. The molecule has 2 aliphatic heterocycles. The number of fused-ring (bicyclic) bond motifs is 1. The van der Waals surface area contributed by atoms with Crippen LogP contribution in [0.1, 0.15) is 56.9 Å². The number of hydrogen-bond donors (Lipinski definition) is 1. The molecule has 0 bridgehead atoms. The number of nitrogens with one attached hydrogen (secondary N) is 1. The highest BCUT2D eigenvalue weighted by molar-refractivity contribution is 5.87. The van der Waals surface area contributed by atoms with Gasteiger partial charge in [-0.05, 0) is 37.8 Å². The Hall–Kier alpha value is -2.94. The summed E-state index contributed by atoms with van der Waals surface area (Å²) in [6.07, 6.45) is 14.7. The maximum atomic E-state index is 13.0. The van der Waals surface area contributed by atoms with Gasteiger partial charge in [0, 0.05) is 70.5 Å². The van der Waals surface area contributed by atoms with Crippen LogP contribution in [-0.4, -0.2) is 89.1 Å². The second-order valence-electron chi connectivity index (χ2n) is 11.3. The first kappa shape index (κ1) is 24.4. The Morgan fingerprint density at radius 3 is 2.27 bits per heavy atom. The van der Waals surface area contributed by atoms with Crippen LogP contribution in [0.3, 0.4) is 0 Å². The molecule has 1 amide bonds. The van der Waals surface area contributed by atoms with E-state index in [2.05, 4.69) is 36.1 Å². The van der Waals surface area contributed by atoms with E-state index in [-0.39, 0.29) is 11.9 Å². The molecule has 1 N–H and O–H groups in total. The lowest BCUT2D eigenvalue weighted by Gasteiger charge is -2.39. The fraction of sp³-hybridized carbons (Fsp3) is 0.643. The number of carbonyl (C=O) groups excluding carboxylic acids is 1. The molecule has 2 aromatic heterocycles. The van der Waals surface area contributed by atoms with E-state index in [1.54, 1.807) is 4.90 Å². The molecule has 3 fully saturated rings. The Bertz CT molecular complexity index is 1090. The number of nitrogens with zero attached hydrogens (tertiary/aromatic N) is 7. The van der Waals surface area contributed by atoms with Crippen LogP contribution >= 0.6 is 0 Å². The van der Waals surface area contributed by atoms with Crippen LogP contribution in [0.15, 0.2) is 24.5 Å². The zero-order chi connectivity index (χ0) is 25.4. The summed E-state index contributed by atoms with van der Waals surface area (Å²) in [5, 5.41) is 3.30. The number of likely N-dealkylation sites (N-methyl/N-ethyl adjacent to an activating group) is 1. The highest BCUT2D eigenvalue weighted by Crippen LogP contribution is 2.38. The lowest BCUT2D eigenvalue weighted by Crippen LogP contribution is -2.49. The van der Waals surface area contributed by atoms with Crippen LogP contribution in [0.4, 0.5) is 23.3 Å². The fourth-order valence-corrected chi connectivity index (χ4v) is 6.77. The van der Waals surface area contributed by atoms with Crippen molar-refractivity contribution in [3.8, 4) is 0 Å². The molecular weight excluding hydrogens is 464 g/mol. The van der Waals surface area contributed by atoms with Crippen molar-refractivity contribution in [1.82, 2.24) is 24.8 Å². The number of hydrogen-bond acceptors (Lipinski definition) is 8. The van der Waals surface area contributed by atoms with E-state index in [0.717, 1.165) is 62.3 Å². The van der Waals surface area contributed by atoms with E-state index in [4.69, 9.17) is 4.98 Å². The van der Waals surface area contributed by atoms with Gasteiger partial charge in [0.15, 0.2) is 0 Å². The van der Waals surface area contributed by atoms with Gasteiger partial charge in [0.05, 0.1) is 11.9 Å².